The van der Waals surface area contributed by atoms with Crippen LogP contribution in [0, 0.1) is 0 Å². The number of pyridine rings is 3. The third kappa shape index (κ3) is 9.21. The summed E-state index contributed by atoms with van der Waals surface area (Å²) in [6.45, 7) is 2.84. The second kappa shape index (κ2) is 17.4. The Morgan fingerprint density at radius 3 is 1.09 bits per heavy atom. The lowest BCUT2D eigenvalue weighted by Gasteiger charge is -2.39. The average molecular weight is 770 g/mol. The van der Waals surface area contributed by atoms with E-state index in [1.165, 1.54) is 0 Å². The van der Waals surface area contributed by atoms with E-state index in [4.69, 9.17) is 17.8 Å². The Hall–Kier alpha value is -6.01. The summed E-state index contributed by atoms with van der Waals surface area (Å²) >= 11 is 0. The van der Waals surface area contributed by atoms with Gasteiger partial charge < -0.3 is 14.2 Å². The Morgan fingerprint density at radius 1 is 0.436 bits per heavy atom. The van der Waals surface area contributed by atoms with Gasteiger partial charge in [0.1, 0.15) is 37.1 Å². The number of hydrogen-bond donors (Lipinski definition) is 0. The van der Waals surface area contributed by atoms with Crippen LogP contribution in [0.3, 0.4) is 0 Å². The molecule has 9 nitrogen and oxygen atoms in total. The molecule has 7 aromatic rings. The van der Waals surface area contributed by atoms with Crippen molar-refractivity contribution in [2.75, 3.05) is 0 Å². The zero-order valence-electron chi connectivity index (χ0n) is 30.1. The highest BCUT2D eigenvalue weighted by Gasteiger charge is 2.38. The molecule has 0 atom stereocenters. The number of benzene rings is 4. The van der Waals surface area contributed by atoms with E-state index in [0.717, 1.165) is 29.1 Å². The van der Waals surface area contributed by atoms with Gasteiger partial charge in [-0.05, 0) is 144 Å². The Morgan fingerprint density at radius 2 is 0.782 bits per heavy atom. The second-order valence-corrected chi connectivity index (χ2v) is 16.8. The summed E-state index contributed by atoms with van der Waals surface area (Å²) in [5, 5.41) is 0. The molecule has 3 heterocycles. The standard InChI is InChI=1S/C44H39N3O6S2/c1-2-34-12-20-44(21-13-34)55(48,49)53-54(41-22-14-38(15-23-41)50-31-35-9-3-6-28-45-35,42-24-16-39(17-25-42)51-32-36-10-4-7-29-46-36)43-26-18-40(19-27-43)52-33-37-11-5-8-30-47-37/h3-30H,2,31-33H2,1H3. The maximum Gasteiger partial charge on any atom is 0.307 e. The molecule has 55 heavy (non-hydrogen) atoms. The first-order valence-corrected chi connectivity index (χ1v) is 20.6. The Labute approximate surface area is 323 Å². The van der Waals surface area contributed by atoms with E-state index < -0.39 is 20.4 Å². The van der Waals surface area contributed by atoms with E-state index in [-0.39, 0.29) is 24.7 Å². The lowest BCUT2D eigenvalue weighted by molar-refractivity contribution is 0.301. The van der Waals surface area contributed by atoms with Crippen molar-refractivity contribution in [1.82, 2.24) is 15.0 Å². The number of nitrogens with zero attached hydrogens (tertiary/aromatic N) is 3. The molecule has 0 amide bonds. The molecule has 278 valence electrons. The highest BCUT2D eigenvalue weighted by Crippen LogP contribution is 2.70. The molecule has 0 saturated carbocycles. The van der Waals surface area contributed by atoms with Gasteiger partial charge in [0.25, 0.3) is 0 Å². The number of rotatable bonds is 16. The molecule has 0 radical (unpaired) electrons. The summed E-state index contributed by atoms with van der Waals surface area (Å²) in [6.07, 6.45) is 5.93. The fourth-order valence-corrected chi connectivity index (χ4v) is 10.9. The summed E-state index contributed by atoms with van der Waals surface area (Å²) in [4.78, 5) is 15.0. The van der Waals surface area contributed by atoms with Crippen LogP contribution in [0.1, 0.15) is 29.6 Å². The van der Waals surface area contributed by atoms with Crippen molar-refractivity contribution in [2.24, 2.45) is 0 Å². The summed E-state index contributed by atoms with van der Waals surface area (Å²) in [7, 11) is -7.34. The lowest BCUT2D eigenvalue weighted by atomic mass is 10.2. The van der Waals surface area contributed by atoms with Crippen LogP contribution >= 0.6 is 10.3 Å². The normalized spacial score (nSPS) is 11.8. The monoisotopic (exact) mass is 769 g/mol. The molecule has 0 N–H and O–H groups in total. The smallest absolute Gasteiger partial charge is 0.307 e. The van der Waals surface area contributed by atoms with Crippen LogP contribution in [0.25, 0.3) is 0 Å². The molecule has 0 fully saturated rings. The van der Waals surface area contributed by atoms with Gasteiger partial charge in [0.15, 0.2) is 0 Å². The first-order chi connectivity index (χ1) is 26.9. The van der Waals surface area contributed by atoms with Crippen LogP contribution < -0.4 is 14.2 Å². The van der Waals surface area contributed by atoms with Gasteiger partial charge in [-0.15, -0.1) is 0 Å². The first kappa shape index (κ1) is 37.3. The van der Waals surface area contributed by atoms with Crippen molar-refractivity contribution in [2.45, 2.75) is 52.7 Å². The number of ether oxygens (including phenoxy) is 3. The molecule has 0 unspecified atom stereocenters. The van der Waals surface area contributed by atoms with Crippen LogP contribution in [0.5, 0.6) is 17.2 Å². The molecular formula is C44H39N3O6S2. The molecule has 0 aliphatic carbocycles. The van der Waals surface area contributed by atoms with Crippen LogP contribution in [0.2, 0.25) is 0 Å². The predicted octanol–water partition coefficient (Wildman–Crippen LogP) is 9.77. The second-order valence-electron chi connectivity index (χ2n) is 12.3. The molecule has 4 aromatic carbocycles. The van der Waals surface area contributed by atoms with Crippen molar-refractivity contribution < 1.29 is 26.3 Å². The van der Waals surface area contributed by atoms with Crippen molar-refractivity contribution in [1.29, 1.82) is 0 Å². The predicted molar refractivity (Wildman–Crippen MR) is 212 cm³/mol. The number of aryl methyl sites for hydroxylation is 1. The SMILES string of the molecule is CCc1ccc(S(=O)(=O)OS(c2ccc(OCc3ccccn3)cc2)(c2ccc(OCc3ccccn3)cc2)c2ccc(OCc3ccccn3)cc2)cc1. The van der Waals surface area contributed by atoms with Crippen molar-refractivity contribution in [3.8, 4) is 17.2 Å². The Kier molecular flexibility index (Phi) is 11.8. The highest BCUT2D eigenvalue weighted by atomic mass is 32.3. The van der Waals surface area contributed by atoms with E-state index in [2.05, 4.69) is 15.0 Å². The van der Waals surface area contributed by atoms with Crippen molar-refractivity contribution in [3.63, 3.8) is 0 Å². The third-order valence-electron chi connectivity index (χ3n) is 8.62. The van der Waals surface area contributed by atoms with Gasteiger partial charge in [-0.3, -0.25) is 15.0 Å². The van der Waals surface area contributed by atoms with E-state index >= 15 is 0 Å². The van der Waals surface area contributed by atoms with Gasteiger partial charge in [-0.1, -0.05) is 37.3 Å². The molecular weight excluding hydrogens is 731 g/mol. The third-order valence-corrected chi connectivity index (χ3v) is 13.8. The van der Waals surface area contributed by atoms with Crippen LogP contribution in [0.4, 0.5) is 0 Å². The van der Waals surface area contributed by atoms with Gasteiger partial charge in [0.05, 0.1) is 22.0 Å². The summed E-state index contributed by atoms with van der Waals surface area (Å²) in [5.74, 6) is 1.78. The number of hydrogen-bond acceptors (Lipinski definition) is 9. The minimum Gasteiger partial charge on any atom is -0.487 e. The minimum absolute atomic E-state index is 0.0579. The lowest BCUT2D eigenvalue weighted by Crippen LogP contribution is -2.15. The molecule has 0 saturated heterocycles. The molecule has 3 aromatic heterocycles. The minimum atomic E-state index is -4.34. The van der Waals surface area contributed by atoms with E-state index in [1.54, 1.807) is 30.7 Å². The average Bonchev–Trinajstić information content (AvgIpc) is 3.25. The molecule has 7 rings (SSSR count). The van der Waals surface area contributed by atoms with E-state index in [9.17, 15) is 8.42 Å². The van der Waals surface area contributed by atoms with Gasteiger partial charge in [0.2, 0.25) is 0 Å². The van der Waals surface area contributed by atoms with Gasteiger partial charge in [-0.25, -0.2) is 3.63 Å². The zero-order chi connectivity index (χ0) is 37.9. The van der Waals surface area contributed by atoms with E-state index in [0.29, 0.717) is 31.9 Å². The molecule has 11 heteroatoms. The highest BCUT2D eigenvalue weighted by molar-refractivity contribution is 8.33. The number of aromatic nitrogens is 3. The molecule has 0 aliphatic heterocycles. The van der Waals surface area contributed by atoms with Crippen LogP contribution in [-0.4, -0.2) is 23.4 Å². The van der Waals surface area contributed by atoms with Gasteiger partial charge in [-0.2, -0.15) is 8.42 Å². The maximum absolute atomic E-state index is 14.5. The van der Waals surface area contributed by atoms with Crippen LogP contribution in [0.15, 0.2) is 190 Å². The van der Waals surface area contributed by atoms with Gasteiger partial charge >= 0.3 is 10.1 Å². The van der Waals surface area contributed by atoms with Crippen molar-refractivity contribution >= 4 is 20.4 Å². The van der Waals surface area contributed by atoms with Crippen molar-refractivity contribution in [3.05, 3.63) is 193 Å². The largest absolute Gasteiger partial charge is 0.487 e. The van der Waals surface area contributed by atoms with Crippen LogP contribution in [-0.2, 0) is 40.0 Å². The fourth-order valence-electron chi connectivity index (χ4n) is 5.70. The first-order valence-electron chi connectivity index (χ1n) is 17.7. The topological polar surface area (TPSA) is 110 Å². The quantitative estimate of drug-likeness (QED) is 0.0949. The maximum atomic E-state index is 14.5. The molecule has 0 aliphatic rings. The zero-order valence-corrected chi connectivity index (χ0v) is 31.7. The van der Waals surface area contributed by atoms with Gasteiger partial charge in [0, 0.05) is 33.3 Å². The summed E-state index contributed by atoms with van der Waals surface area (Å²) in [5.41, 5.74) is 3.36. The Bertz CT molecular complexity index is 2160. The molecule has 0 spiro atoms. The summed E-state index contributed by atoms with van der Waals surface area (Å²) in [6, 6.07) is 45.8. The Balaban J connectivity index is 1.30. The van der Waals surface area contributed by atoms with E-state index in [1.807, 2.05) is 146 Å². The molecule has 0 bridgehead atoms. The fraction of sp³-hybridized carbons (Fsp3) is 0.114. The summed E-state index contributed by atoms with van der Waals surface area (Å²) < 4.78 is 53.8.